The Hall–Kier alpha value is -4.43. The zero-order valence-electron chi connectivity index (χ0n) is 20.4. The quantitative estimate of drug-likeness (QED) is 0.326. The van der Waals surface area contributed by atoms with Crippen LogP contribution in [0.3, 0.4) is 0 Å². The average Bonchev–Trinajstić information content (AvgIpc) is 3.11. The highest BCUT2D eigenvalue weighted by molar-refractivity contribution is 6.53. The second-order valence-corrected chi connectivity index (χ2v) is 8.98. The van der Waals surface area contributed by atoms with Crippen LogP contribution >= 0.6 is 11.6 Å². The first-order valence-corrected chi connectivity index (χ1v) is 11.8. The number of imide groups is 1. The third-order valence-electron chi connectivity index (χ3n) is 5.83. The minimum atomic E-state index is -0.695. The standard InChI is InChI=1S/C28H24ClN3O5/c1-16(2)17-4-10-21(11-5-17)31-25(33)18-6-12-20(13-7-18)30-24-23(29)26(34)32(27(24)35)22-14-8-19(9-15-22)28(36)37-3/h4-16,30H,1-3H3,(H,31,33). The van der Waals surface area contributed by atoms with Gasteiger partial charge in [0.15, 0.2) is 0 Å². The number of methoxy groups -OCH3 is 1. The van der Waals surface area contributed by atoms with E-state index in [1.807, 2.05) is 24.3 Å². The number of benzene rings is 3. The zero-order chi connectivity index (χ0) is 26.7. The fourth-order valence-corrected chi connectivity index (χ4v) is 3.93. The minimum Gasteiger partial charge on any atom is -0.465 e. The molecule has 1 aliphatic heterocycles. The fourth-order valence-electron chi connectivity index (χ4n) is 3.71. The van der Waals surface area contributed by atoms with Gasteiger partial charge in [-0.1, -0.05) is 37.6 Å². The monoisotopic (exact) mass is 517 g/mol. The molecule has 3 aromatic rings. The molecule has 3 aromatic carbocycles. The largest absolute Gasteiger partial charge is 0.465 e. The summed E-state index contributed by atoms with van der Waals surface area (Å²) in [5.74, 6) is -1.76. The summed E-state index contributed by atoms with van der Waals surface area (Å²) in [7, 11) is 1.26. The van der Waals surface area contributed by atoms with E-state index >= 15 is 0 Å². The summed E-state index contributed by atoms with van der Waals surface area (Å²) < 4.78 is 4.66. The van der Waals surface area contributed by atoms with E-state index < -0.39 is 17.8 Å². The Morgan fingerprint density at radius 1 is 0.811 bits per heavy atom. The molecule has 9 heteroatoms. The summed E-state index contributed by atoms with van der Waals surface area (Å²) in [5.41, 5.74) is 3.19. The second-order valence-electron chi connectivity index (χ2n) is 8.61. The first kappa shape index (κ1) is 25.7. The van der Waals surface area contributed by atoms with Gasteiger partial charge in [0.25, 0.3) is 17.7 Å². The van der Waals surface area contributed by atoms with Crippen molar-refractivity contribution in [1.29, 1.82) is 0 Å². The number of ether oxygens (including phenoxy) is 1. The summed E-state index contributed by atoms with van der Waals surface area (Å²) >= 11 is 6.19. The number of nitrogens with zero attached hydrogens (tertiary/aromatic N) is 1. The molecule has 37 heavy (non-hydrogen) atoms. The molecule has 0 spiro atoms. The van der Waals surface area contributed by atoms with E-state index in [1.165, 1.54) is 36.9 Å². The van der Waals surface area contributed by atoms with Gasteiger partial charge in [0.1, 0.15) is 10.7 Å². The maximum absolute atomic E-state index is 13.0. The molecule has 0 bridgehead atoms. The van der Waals surface area contributed by atoms with Crippen molar-refractivity contribution in [2.75, 3.05) is 22.6 Å². The number of esters is 1. The van der Waals surface area contributed by atoms with Crippen molar-refractivity contribution in [3.8, 4) is 0 Å². The molecule has 1 aliphatic rings. The second kappa shape index (κ2) is 10.7. The van der Waals surface area contributed by atoms with E-state index in [4.69, 9.17) is 11.6 Å². The van der Waals surface area contributed by atoms with Gasteiger partial charge in [0.05, 0.1) is 18.4 Å². The van der Waals surface area contributed by atoms with Crippen LogP contribution < -0.4 is 15.5 Å². The molecule has 2 N–H and O–H groups in total. The van der Waals surface area contributed by atoms with Gasteiger partial charge in [-0.05, 0) is 72.1 Å². The molecular formula is C28H24ClN3O5. The summed E-state index contributed by atoms with van der Waals surface area (Å²) in [6.07, 6.45) is 0. The molecule has 0 aromatic heterocycles. The Labute approximate surface area is 218 Å². The van der Waals surface area contributed by atoms with E-state index in [2.05, 4.69) is 29.2 Å². The minimum absolute atomic E-state index is 0.0915. The van der Waals surface area contributed by atoms with Crippen LogP contribution in [-0.2, 0) is 14.3 Å². The molecule has 0 unspecified atom stereocenters. The van der Waals surface area contributed by atoms with Crippen LogP contribution in [0.15, 0.2) is 83.5 Å². The van der Waals surface area contributed by atoms with Crippen molar-refractivity contribution in [3.05, 3.63) is 100 Å². The molecule has 4 rings (SSSR count). The van der Waals surface area contributed by atoms with E-state index in [9.17, 15) is 19.2 Å². The maximum atomic E-state index is 13.0. The molecule has 3 amide bonds. The predicted octanol–water partition coefficient (Wildman–Crippen LogP) is 5.28. The molecule has 0 fully saturated rings. The first-order chi connectivity index (χ1) is 17.7. The van der Waals surface area contributed by atoms with Gasteiger partial charge in [0, 0.05) is 16.9 Å². The molecule has 0 radical (unpaired) electrons. The Kier molecular flexibility index (Phi) is 7.40. The van der Waals surface area contributed by atoms with Crippen molar-refractivity contribution in [3.63, 3.8) is 0 Å². The molecule has 0 saturated heterocycles. The van der Waals surface area contributed by atoms with Crippen molar-refractivity contribution in [2.45, 2.75) is 19.8 Å². The molecule has 8 nitrogen and oxygen atoms in total. The van der Waals surface area contributed by atoms with Gasteiger partial charge < -0.3 is 15.4 Å². The zero-order valence-corrected chi connectivity index (χ0v) is 21.1. The highest BCUT2D eigenvalue weighted by Gasteiger charge is 2.39. The van der Waals surface area contributed by atoms with Crippen LogP contribution in [0.2, 0.25) is 0 Å². The molecule has 188 valence electrons. The van der Waals surface area contributed by atoms with Crippen molar-refractivity contribution in [2.24, 2.45) is 0 Å². The van der Waals surface area contributed by atoms with Crippen LogP contribution in [0.1, 0.15) is 46.0 Å². The van der Waals surface area contributed by atoms with Crippen molar-refractivity contribution >= 4 is 52.4 Å². The fraction of sp³-hybridized carbons (Fsp3) is 0.143. The molecule has 0 aliphatic carbocycles. The third-order valence-corrected chi connectivity index (χ3v) is 6.18. The number of rotatable bonds is 7. The van der Waals surface area contributed by atoms with Gasteiger partial charge in [-0.2, -0.15) is 0 Å². The van der Waals surface area contributed by atoms with Crippen molar-refractivity contribution < 1.29 is 23.9 Å². The summed E-state index contributed by atoms with van der Waals surface area (Å²) in [5, 5.41) is 5.45. The number of anilines is 3. The predicted molar refractivity (Wildman–Crippen MR) is 142 cm³/mol. The van der Waals surface area contributed by atoms with Crippen LogP contribution in [-0.4, -0.2) is 30.8 Å². The number of carbonyl (C=O) groups is 4. The lowest BCUT2D eigenvalue weighted by atomic mass is 10.0. The first-order valence-electron chi connectivity index (χ1n) is 11.4. The van der Waals surface area contributed by atoms with Crippen molar-refractivity contribution in [1.82, 2.24) is 0 Å². The summed E-state index contributed by atoms with van der Waals surface area (Å²) in [6.45, 7) is 4.20. The van der Waals surface area contributed by atoms with E-state index in [0.29, 0.717) is 22.9 Å². The van der Waals surface area contributed by atoms with Crippen LogP contribution in [0.4, 0.5) is 17.1 Å². The Bertz CT molecular complexity index is 1400. The topological polar surface area (TPSA) is 105 Å². The number of halogens is 1. The normalized spacial score (nSPS) is 13.3. The van der Waals surface area contributed by atoms with Crippen LogP contribution in [0, 0.1) is 0 Å². The van der Waals surface area contributed by atoms with Gasteiger partial charge >= 0.3 is 5.97 Å². The smallest absolute Gasteiger partial charge is 0.337 e. The summed E-state index contributed by atoms with van der Waals surface area (Å²) in [6, 6.07) is 19.9. The van der Waals surface area contributed by atoms with Gasteiger partial charge in [-0.25, -0.2) is 9.69 Å². The Morgan fingerprint density at radius 2 is 1.38 bits per heavy atom. The maximum Gasteiger partial charge on any atom is 0.337 e. The lowest BCUT2D eigenvalue weighted by Crippen LogP contribution is -2.32. The third kappa shape index (κ3) is 5.39. The number of hydrogen-bond donors (Lipinski definition) is 2. The average molecular weight is 518 g/mol. The Balaban J connectivity index is 1.44. The summed E-state index contributed by atoms with van der Waals surface area (Å²) in [4.78, 5) is 50.9. The highest BCUT2D eigenvalue weighted by atomic mass is 35.5. The Morgan fingerprint density at radius 3 is 1.95 bits per heavy atom. The van der Waals surface area contributed by atoms with E-state index in [-0.39, 0.29) is 27.9 Å². The number of hydrogen-bond acceptors (Lipinski definition) is 6. The van der Waals surface area contributed by atoms with Crippen LogP contribution in [0.25, 0.3) is 0 Å². The molecular weight excluding hydrogens is 494 g/mol. The van der Waals surface area contributed by atoms with Gasteiger partial charge in [-0.15, -0.1) is 0 Å². The number of amides is 3. The SMILES string of the molecule is COC(=O)c1ccc(N2C(=O)C(Cl)=C(Nc3ccc(C(=O)Nc4ccc(C(C)C)cc4)cc3)C2=O)cc1. The molecule has 0 atom stereocenters. The van der Waals surface area contributed by atoms with E-state index in [1.54, 1.807) is 24.3 Å². The van der Waals surface area contributed by atoms with Gasteiger partial charge in [-0.3, -0.25) is 14.4 Å². The number of nitrogens with one attached hydrogen (secondary N) is 2. The molecule has 0 saturated carbocycles. The van der Waals surface area contributed by atoms with E-state index in [0.717, 1.165) is 4.90 Å². The number of carbonyl (C=O) groups excluding carboxylic acids is 4. The van der Waals surface area contributed by atoms with Gasteiger partial charge in [0.2, 0.25) is 0 Å². The van der Waals surface area contributed by atoms with Crippen LogP contribution in [0.5, 0.6) is 0 Å². The molecule has 1 heterocycles. The lowest BCUT2D eigenvalue weighted by Gasteiger charge is -2.15. The lowest BCUT2D eigenvalue weighted by molar-refractivity contribution is -0.120. The highest BCUT2D eigenvalue weighted by Crippen LogP contribution is 2.30.